The number of aromatic amines is 1. The molecule has 2 aromatic heterocycles. The van der Waals surface area contributed by atoms with E-state index >= 15 is 0 Å². The van der Waals surface area contributed by atoms with Gasteiger partial charge in [-0.3, -0.25) is 5.10 Å². The fourth-order valence-corrected chi connectivity index (χ4v) is 4.10. The van der Waals surface area contributed by atoms with Crippen molar-refractivity contribution in [2.24, 2.45) is 0 Å². The van der Waals surface area contributed by atoms with Crippen LogP contribution in [0.15, 0.2) is 52.1 Å². The number of aromatic nitrogens is 3. The van der Waals surface area contributed by atoms with Gasteiger partial charge in [0.1, 0.15) is 10.0 Å². The van der Waals surface area contributed by atoms with E-state index in [1.54, 1.807) is 17.5 Å². The van der Waals surface area contributed by atoms with E-state index in [1.165, 1.54) is 16.9 Å². The Morgan fingerprint density at radius 2 is 1.91 bits per heavy atom. The third-order valence-corrected chi connectivity index (χ3v) is 6.05. The van der Waals surface area contributed by atoms with Crippen LogP contribution in [-0.2, 0) is 29.4 Å². The maximum atomic E-state index is 12.0. The molecule has 120 valence electrons. The van der Waals surface area contributed by atoms with Gasteiger partial charge in [0.25, 0.3) is 0 Å². The van der Waals surface area contributed by atoms with Gasteiger partial charge in [-0.15, -0.1) is 11.3 Å². The molecule has 0 radical (unpaired) electrons. The third kappa shape index (κ3) is 4.25. The van der Waals surface area contributed by atoms with Gasteiger partial charge in [0, 0.05) is 6.42 Å². The Balaban J connectivity index is 1.55. The van der Waals surface area contributed by atoms with Crippen LogP contribution in [0.1, 0.15) is 17.2 Å². The van der Waals surface area contributed by atoms with E-state index in [0.717, 1.165) is 6.42 Å². The van der Waals surface area contributed by atoms with Crippen molar-refractivity contribution in [2.75, 3.05) is 0 Å². The number of nitrogens with one attached hydrogen (secondary N) is 2. The highest BCUT2D eigenvalue weighted by molar-refractivity contribution is 7.91. The molecule has 3 aromatic rings. The highest BCUT2D eigenvalue weighted by Crippen LogP contribution is 2.15. The molecule has 2 heterocycles. The fourth-order valence-electron chi connectivity index (χ4n) is 2.08. The zero-order valence-corrected chi connectivity index (χ0v) is 13.9. The molecule has 2 N–H and O–H groups in total. The van der Waals surface area contributed by atoms with Crippen molar-refractivity contribution in [3.63, 3.8) is 0 Å². The summed E-state index contributed by atoms with van der Waals surface area (Å²) in [5.74, 6) is 1.19. The molecule has 8 heteroatoms. The Kier molecular flexibility index (Phi) is 4.85. The first kappa shape index (κ1) is 15.9. The number of thiophene rings is 1. The van der Waals surface area contributed by atoms with Gasteiger partial charge in [0.05, 0.1) is 6.54 Å². The fraction of sp³-hybridized carbons (Fsp3) is 0.200. The summed E-state index contributed by atoms with van der Waals surface area (Å²) in [5, 5.41) is 8.63. The number of rotatable bonds is 7. The van der Waals surface area contributed by atoms with Gasteiger partial charge in [-0.1, -0.05) is 36.4 Å². The lowest BCUT2D eigenvalue weighted by Crippen LogP contribution is -2.23. The summed E-state index contributed by atoms with van der Waals surface area (Å²) in [6, 6.07) is 13.4. The molecule has 0 aliphatic rings. The minimum Gasteiger partial charge on any atom is -0.262 e. The van der Waals surface area contributed by atoms with Crippen molar-refractivity contribution in [2.45, 2.75) is 23.6 Å². The molecule has 0 saturated heterocycles. The normalized spacial score (nSPS) is 11.7. The van der Waals surface area contributed by atoms with E-state index in [1.807, 2.05) is 18.2 Å². The summed E-state index contributed by atoms with van der Waals surface area (Å²) >= 11 is 1.18. The molecule has 1 aromatic carbocycles. The minimum atomic E-state index is -3.48. The number of hydrogen-bond donors (Lipinski definition) is 2. The van der Waals surface area contributed by atoms with Crippen LogP contribution in [0.2, 0.25) is 0 Å². The quantitative estimate of drug-likeness (QED) is 0.685. The van der Waals surface area contributed by atoms with E-state index in [2.05, 4.69) is 32.0 Å². The molecule has 0 amide bonds. The number of nitrogens with zero attached hydrogens (tertiary/aromatic N) is 2. The lowest BCUT2D eigenvalue weighted by Gasteiger charge is -2.01. The van der Waals surface area contributed by atoms with Gasteiger partial charge in [0.2, 0.25) is 10.0 Å². The number of benzene rings is 1. The van der Waals surface area contributed by atoms with Gasteiger partial charge in [-0.2, -0.15) is 5.10 Å². The Labute approximate surface area is 138 Å². The first-order valence-electron chi connectivity index (χ1n) is 7.11. The smallest absolute Gasteiger partial charge is 0.250 e. The Bertz CT molecular complexity index is 843. The molecule has 0 aliphatic heterocycles. The van der Waals surface area contributed by atoms with Crippen LogP contribution in [0.4, 0.5) is 0 Å². The summed E-state index contributed by atoms with van der Waals surface area (Å²) in [7, 11) is -3.48. The van der Waals surface area contributed by atoms with Crippen molar-refractivity contribution in [1.82, 2.24) is 19.9 Å². The molecule has 0 spiro atoms. The zero-order chi connectivity index (χ0) is 16.1. The van der Waals surface area contributed by atoms with Crippen molar-refractivity contribution in [3.05, 3.63) is 65.1 Å². The first-order valence-corrected chi connectivity index (χ1v) is 9.47. The number of aryl methyl sites for hydroxylation is 2. The molecular formula is C15H16N4O2S2. The van der Waals surface area contributed by atoms with Crippen LogP contribution in [0.25, 0.3) is 0 Å². The molecule has 0 saturated carbocycles. The van der Waals surface area contributed by atoms with Crippen LogP contribution in [0, 0.1) is 0 Å². The molecule has 6 nitrogen and oxygen atoms in total. The van der Waals surface area contributed by atoms with E-state index < -0.39 is 10.0 Å². The summed E-state index contributed by atoms with van der Waals surface area (Å²) < 4.78 is 26.8. The van der Waals surface area contributed by atoms with E-state index in [-0.39, 0.29) is 6.54 Å². The minimum absolute atomic E-state index is 0.0958. The lowest BCUT2D eigenvalue weighted by molar-refractivity contribution is 0.581. The van der Waals surface area contributed by atoms with Gasteiger partial charge < -0.3 is 0 Å². The summed E-state index contributed by atoms with van der Waals surface area (Å²) in [4.78, 5) is 4.32. The lowest BCUT2D eigenvalue weighted by atomic mass is 10.1. The molecule has 0 bridgehead atoms. The van der Waals surface area contributed by atoms with E-state index in [4.69, 9.17) is 0 Å². The Morgan fingerprint density at radius 3 is 2.65 bits per heavy atom. The van der Waals surface area contributed by atoms with Gasteiger partial charge in [0.15, 0.2) is 5.82 Å². The Hall–Kier alpha value is -2.03. The maximum Gasteiger partial charge on any atom is 0.250 e. The number of sulfonamides is 1. The Morgan fingerprint density at radius 1 is 1.09 bits per heavy atom. The van der Waals surface area contributed by atoms with E-state index in [9.17, 15) is 8.42 Å². The second-order valence-electron chi connectivity index (χ2n) is 4.94. The maximum absolute atomic E-state index is 12.0. The molecule has 0 atom stereocenters. The number of H-pyrrole nitrogens is 1. The highest BCUT2D eigenvalue weighted by Gasteiger charge is 2.15. The monoisotopic (exact) mass is 348 g/mol. The molecule has 23 heavy (non-hydrogen) atoms. The molecule has 0 unspecified atom stereocenters. The SMILES string of the molecule is O=S(=O)(NCc1nc(CCc2ccccc2)n[nH]1)c1cccs1. The average Bonchev–Trinajstić information content (AvgIpc) is 3.24. The second kappa shape index (κ2) is 7.03. The van der Waals surface area contributed by atoms with Crippen molar-refractivity contribution in [3.8, 4) is 0 Å². The van der Waals surface area contributed by atoms with E-state index in [0.29, 0.717) is 22.3 Å². The third-order valence-electron chi connectivity index (χ3n) is 3.25. The molecule has 0 fully saturated rings. The van der Waals surface area contributed by atoms with Crippen LogP contribution in [-0.4, -0.2) is 23.6 Å². The van der Waals surface area contributed by atoms with Crippen molar-refractivity contribution in [1.29, 1.82) is 0 Å². The molecule has 3 rings (SSSR count). The predicted molar refractivity (Wildman–Crippen MR) is 88.6 cm³/mol. The van der Waals surface area contributed by atoms with Crippen LogP contribution in [0.3, 0.4) is 0 Å². The highest BCUT2D eigenvalue weighted by atomic mass is 32.2. The van der Waals surface area contributed by atoms with Crippen LogP contribution < -0.4 is 4.72 Å². The topological polar surface area (TPSA) is 87.7 Å². The predicted octanol–water partition coefficient (Wildman–Crippen LogP) is 2.13. The average molecular weight is 348 g/mol. The number of hydrogen-bond acceptors (Lipinski definition) is 5. The van der Waals surface area contributed by atoms with Crippen molar-refractivity contribution < 1.29 is 8.42 Å². The molecular weight excluding hydrogens is 332 g/mol. The summed E-state index contributed by atoms with van der Waals surface area (Å²) in [6.45, 7) is 0.0958. The standard InChI is InChI=1S/C15H16N4O2S2/c20-23(21,15-7-4-10-22-15)16-11-14-17-13(18-19-14)9-8-12-5-2-1-3-6-12/h1-7,10,16H,8-9,11H2,(H,17,18,19). The van der Waals surface area contributed by atoms with Gasteiger partial charge in [-0.25, -0.2) is 18.1 Å². The first-order chi connectivity index (χ1) is 11.1. The van der Waals surface area contributed by atoms with Gasteiger partial charge >= 0.3 is 0 Å². The summed E-state index contributed by atoms with van der Waals surface area (Å²) in [6.07, 6.45) is 1.55. The van der Waals surface area contributed by atoms with Crippen molar-refractivity contribution >= 4 is 21.4 Å². The van der Waals surface area contributed by atoms with Crippen LogP contribution >= 0.6 is 11.3 Å². The van der Waals surface area contributed by atoms with Crippen LogP contribution in [0.5, 0.6) is 0 Å². The largest absolute Gasteiger partial charge is 0.262 e. The van der Waals surface area contributed by atoms with Gasteiger partial charge in [-0.05, 0) is 23.4 Å². The zero-order valence-electron chi connectivity index (χ0n) is 12.3. The summed E-state index contributed by atoms with van der Waals surface area (Å²) in [5.41, 5.74) is 1.22. The second-order valence-corrected chi connectivity index (χ2v) is 7.88. The molecule has 0 aliphatic carbocycles.